The molecule has 2 heterocycles. The normalized spacial score (nSPS) is 20.1. The minimum atomic E-state index is 0.233. The van der Waals surface area contributed by atoms with Crippen LogP contribution in [0.25, 0.3) is 0 Å². The summed E-state index contributed by atoms with van der Waals surface area (Å²) in [6.07, 6.45) is 0.233. The quantitative estimate of drug-likeness (QED) is 0.889. The molecule has 0 radical (unpaired) electrons. The van der Waals surface area contributed by atoms with E-state index in [9.17, 15) is 0 Å². The molecular formula is C14H24N4O. The molecule has 1 saturated heterocycles. The molecule has 0 bridgehead atoms. The van der Waals surface area contributed by atoms with Crippen LogP contribution in [-0.4, -0.2) is 49.4 Å². The van der Waals surface area contributed by atoms with Gasteiger partial charge in [-0.3, -0.25) is 0 Å². The van der Waals surface area contributed by atoms with Gasteiger partial charge in [-0.1, -0.05) is 13.8 Å². The summed E-state index contributed by atoms with van der Waals surface area (Å²) in [6, 6.07) is 2.06. The summed E-state index contributed by atoms with van der Waals surface area (Å²) in [7, 11) is 1.95. The van der Waals surface area contributed by atoms with Crippen molar-refractivity contribution in [1.82, 2.24) is 15.3 Å². The van der Waals surface area contributed by atoms with Crippen molar-refractivity contribution in [2.45, 2.75) is 32.8 Å². The number of aryl methyl sites for hydroxylation is 1. The van der Waals surface area contributed by atoms with E-state index in [-0.39, 0.29) is 6.10 Å². The molecule has 5 heteroatoms. The summed E-state index contributed by atoms with van der Waals surface area (Å²) in [5.74, 6) is 2.31. The summed E-state index contributed by atoms with van der Waals surface area (Å²) in [6.45, 7) is 9.69. The Labute approximate surface area is 115 Å². The molecule has 0 amide bonds. The summed E-state index contributed by atoms with van der Waals surface area (Å²) in [4.78, 5) is 11.5. The predicted octanol–water partition coefficient (Wildman–Crippen LogP) is 1.33. The number of nitrogens with zero attached hydrogens (tertiary/aromatic N) is 3. The summed E-state index contributed by atoms with van der Waals surface area (Å²) >= 11 is 0. The topological polar surface area (TPSA) is 50.3 Å². The molecule has 0 aliphatic carbocycles. The number of rotatable bonds is 4. The van der Waals surface area contributed by atoms with Gasteiger partial charge in [0.05, 0.1) is 12.7 Å². The molecule has 2 rings (SSSR count). The minimum Gasteiger partial charge on any atom is -0.373 e. The Bertz CT molecular complexity index is 420. The summed E-state index contributed by atoms with van der Waals surface area (Å²) < 4.78 is 5.73. The third kappa shape index (κ3) is 3.64. The molecule has 1 fully saturated rings. The number of morpholine rings is 1. The van der Waals surface area contributed by atoms with Crippen LogP contribution in [-0.2, 0) is 4.74 Å². The van der Waals surface area contributed by atoms with E-state index < -0.39 is 0 Å². The Kier molecular flexibility index (Phi) is 4.71. The molecule has 0 aromatic carbocycles. The Balaban J connectivity index is 2.16. The van der Waals surface area contributed by atoms with Crippen LogP contribution in [0.4, 0.5) is 5.82 Å². The highest BCUT2D eigenvalue weighted by molar-refractivity contribution is 5.40. The molecule has 1 aromatic rings. The van der Waals surface area contributed by atoms with E-state index in [1.165, 1.54) is 0 Å². The molecule has 1 aliphatic rings. The Morgan fingerprint density at radius 3 is 2.95 bits per heavy atom. The Morgan fingerprint density at radius 2 is 2.26 bits per heavy atom. The molecule has 0 saturated carbocycles. The van der Waals surface area contributed by atoms with Crippen LogP contribution in [0.2, 0.25) is 0 Å². The molecule has 1 aromatic heterocycles. The van der Waals surface area contributed by atoms with Crippen LogP contribution in [0.5, 0.6) is 0 Å². The first-order valence-electron chi connectivity index (χ1n) is 6.97. The van der Waals surface area contributed by atoms with Crippen molar-refractivity contribution in [1.29, 1.82) is 0 Å². The van der Waals surface area contributed by atoms with E-state index in [4.69, 9.17) is 9.72 Å². The third-order valence-electron chi connectivity index (χ3n) is 3.27. The number of hydrogen-bond acceptors (Lipinski definition) is 5. The van der Waals surface area contributed by atoms with E-state index in [2.05, 4.69) is 35.1 Å². The van der Waals surface area contributed by atoms with Crippen LogP contribution in [0.1, 0.15) is 31.3 Å². The van der Waals surface area contributed by atoms with Gasteiger partial charge in [-0.15, -0.1) is 0 Å². The smallest absolute Gasteiger partial charge is 0.133 e. The zero-order valence-corrected chi connectivity index (χ0v) is 12.3. The minimum absolute atomic E-state index is 0.233. The number of aromatic nitrogens is 2. The van der Waals surface area contributed by atoms with Crippen LogP contribution in [0.3, 0.4) is 0 Å². The first kappa shape index (κ1) is 14.2. The van der Waals surface area contributed by atoms with Gasteiger partial charge in [-0.05, 0) is 14.0 Å². The SMILES string of the molecule is CNCC1CN(c2cc(C)nc(C(C)C)n2)CCO1. The average Bonchev–Trinajstić information content (AvgIpc) is 2.38. The van der Waals surface area contributed by atoms with Gasteiger partial charge in [0.1, 0.15) is 11.6 Å². The lowest BCUT2D eigenvalue weighted by Crippen LogP contribution is -2.46. The number of ether oxygens (including phenoxy) is 1. The monoisotopic (exact) mass is 264 g/mol. The van der Waals surface area contributed by atoms with E-state index in [1.54, 1.807) is 0 Å². The first-order chi connectivity index (χ1) is 9.10. The van der Waals surface area contributed by atoms with Crippen molar-refractivity contribution in [3.05, 3.63) is 17.6 Å². The first-order valence-corrected chi connectivity index (χ1v) is 6.97. The van der Waals surface area contributed by atoms with Gasteiger partial charge in [0.2, 0.25) is 0 Å². The third-order valence-corrected chi connectivity index (χ3v) is 3.27. The van der Waals surface area contributed by atoms with Crippen molar-refractivity contribution in [3.63, 3.8) is 0 Å². The molecule has 106 valence electrons. The second-order valence-electron chi connectivity index (χ2n) is 5.38. The molecule has 1 N–H and O–H groups in total. The molecular weight excluding hydrogens is 240 g/mol. The van der Waals surface area contributed by atoms with E-state index in [0.717, 1.165) is 43.6 Å². The van der Waals surface area contributed by atoms with Crippen molar-refractivity contribution in [2.24, 2.45) is 0 Å². The van der Waals surface area contributed by atoms with Crippen LogP contribution >= 0.6 is 0 Å². The zero-order chi connectivity index (χ0) is 13.8. The van der Waals surface area contributed by atoms with Crippen LogP contribution < -0.4 is 10.2 Å². The van der Waals surface area contributed by atoms with Crippen LogP contribution in [0.15, 0.2) is 6.07 Å². The highest BCUT2D eigenvalue weighted by Crippen LogP contribution is 2.19. The maximum Gasteiger partial charge on any atom is 0.133 e. The number of nitrogens with one attached hydrogen (secondary N) is 1. The van der Waals surface area contributed by atoms with E-state index in [1.807, 2.05) is 14.0 Å². The number of likely N-dealkylation sites (N-methyl/N-ethyl adjacent to an activating group) is 1. The Hall–Kier alpha value is -1.20. The predicted molar refractivity (Wildman–Crippen MR) is 76.7 cm³/mol. The van der Waals surface area contributed by atoms with Crippen molar-refractivity contribution in [3.8, 4) is 0 Å². The number of anilines is 1. The van der Waals surface area contributed by atoms with Gasteiger partial charge < -0.3 is 15.0 Å². The second-order valence-corrected chi connectivity index (χ2v) is 5.38. The molecule has 1 unspecified atom stereocenters. The summed E-state index contributed by atoms with van der Waals surface area (Å²) in [5.41, 5.74) is 1.03. The largest absolute Gasteiger partial charge is 0.373 e. The highest BCUT2D eigenvalue weighted by Gasteiger charge is 2.21. The maximum absolute atomic E-state index is 5.73. The van der Waals surface area contributed by atoms with E-state index in [0.29, 0.717) is 5.92 Å². The highest BCUT2D eigenvalue weighted by atomic mass is 16.5. The van der Waals surface area contributed by atoms with Crippen molar-refractivity contribution < 1.29 is 4.74 Å². The van der Waals surface area contributed by atoms with Gasteiger partial charge in [-0.2, -0.15) is 0 Å². The van der Waals surface area contributed by atoms with Gasteiger partial charge in [0, 0.05) is 37.3 Å². The van der Waals surface area contributed by atoms with Crippen molar-refractivity contribution in [2.75, 3.05) is 38.2 Å². The molecule has 1 atom stereocenters. The fraction of sp³-hybridized carbons (Fsp3) is 0.714. The zero-order valence-electron chi connectivity index (χ0n) is 12.3. The standard InChI is InChI=1S/C14H24N4O/c1-10(2)14-16-11(3)7-13(17-14)18-5-6-19-12(9-18)8-15-4/h7,10,12,15H,5-6,8-9H2,1-4H3. The van der Waals surface area contributed by atoms with Gasteiger partial charge in [-0.25, -0.2) is 9.97 Å². The molecule has 5 nitrogen and oxygen atoms in total. The molecule has 19 heavy (non-hydrogen) atoms. The summed E-state index contributed by atoms with van der Waals surface area (Å²) in [5, 5.41) is 3.17. The van der Waals surface area contributed by atoms with Gasteiger partial charge in [0.15, 0.2) is 0 Å². The fourth-order valence-corrected chi connectivity index (χ4v) is 2.27. The lowest BCUT2D eigenvalue weighted by molar-refractivity contribution is 0.0419. The Morgan fingerprint density at radius 1 is 1.47 bits per heavy atom. The van der Waals surface area contributed by atoms with E-state index >= 15 is 0 Å². The average molecular weight is 264 g/mol. The molecule has 1 aliphatic heterocycles. The maximum atomic E-state index is 5.73. The van der Waals surface area contributed by atoms with Crippen LogP contribution in [0, 0.1) is 6.92 Å². The fourth-order valence-electron chi connectivity index (χ4n) is 2.27. The number of hydrogen-bond donors (Lipinski definition) is 1. The lowest BCUT2D eigenvalue weighted by Gasteiger charge is -2.34. The van der Waals surface area contributed by atoms with Crippen molar-refractivity contribution >= 4 is 5.82 Å². The van der Waals surface area contributed by atoms with Gasteiger partial charge >= 0.3 is 0 Å². The lowest BCUT2D eigenvalue weighted by atomic mass is 10.2. The second kappa shape index (κ2) is 6.30. The van der Waals surface area contributed by atoms with Gasteiger partial charge in [0.25, 0.3) is 0 Å². The molecule has 0 spiro atoms.